The van der Waals surface area contributed by atoms with Gasteiger partial charge in [0.15, 0.2) is 0 Å². The number of rotatable bonds is 3. The Kier molecular flexibility index (Phi) is 3.93. The predicted octanol–water partition coefficient (Wildman–Crippen LogP) is 3.23. The van der Waals surface area contributed by atoms with Gasteiger partial charge in [0.25, 0.3) is 5.92 Å². The maximum Gasteiger partial charge on any atom is 0.417 e. The van der Waals surface area contributed by atoms with Crippen LogP contribution in [0.5, 0.6) is 0 Å². The highest BCUT2D eigenvalue weighted by atomic mass is 35.5. The first-order chi connectivity index (χ1) is 7.68. The molecule has 8 heteroatoms. The number of aliphatic hydroxyl groups excluding tert-OH is 1. The van der Waals surface area contributed by atoms with E-state index in [-0.39, 0.29) is 6.07 Å². The van der Waals surface area contributed by atoms with Gasteiger partial charge in [0.2, 0.25) is 0 Å². The van der Waals surface area contributed by atoms with Gasteiger partial charge in [-0.1, -0.05) is 11.6 Å². The topological polar surface area (TPSA) is 33.1 Å². The fraction of sp³-hybridized carbons (Fsp3) is 0.444. The molecule has 0 spiro atoms. The largest absolute Gasteiger partial charge is 0.417 e. The summed E-state index contributed by atoms with van der Waals surface area (Å²) in [5, 5.41) is 7.71. The van der Waals surface area contributed by atoms with Gasteiger partial charge in [-0.2, -0.15) is 13.2 Å². The van der Waals surface area contributed by atoms with Crippen LogP contribution in [0.4, 0.5) is 22.0 Å². The van der Waals surface area contributed by atoms with E-state index >= 15 is 0 Å². The molecule has 0 aliphatic rings. The molecule has 96 valence electrons. The second-order valence-electron chi connectivity index (χ2n) is 3.24. The van der Waals surface area contributed by atoms with Crippen molar-refractivity contribution in [1.82, 2.24) is 4.98 Å². The van der Waals surface area contributed by atoms with Crippen molar-refractivity contribution in [2.75, 3.05) is 6.61 Å². The number of aliphatic hydroxyl groups is 1. The molecule has 0 saturated carbocycles. The second-order valence-corrected chi connectivity index (χ2v) is 3.60. The fourth-order valence-corrected chi connectivity index (χ4v) is 1.38. The van der Waals surface area contributed by atoms with E-state index in [4.69, 9.17) is 16.7 Å². The number of hydrogen-bond acceptors (Lipinski definition) is 2. The molecule has 0 aromatic carbocycles. The number of pyridine rings is 1. The summed E-state index contributed by atoms with van der Waals surface area (Å²) >= 11 is 5.33. The van der Waals surface area contributed by atoms with Crippen LogP contribution in [0, 0.1) is 0 Å². The van der Waals surface area contributed by atoms with Gasteiger partial charge in [0, 0.05) is 19.2 Å². The molecule has 0 radical (unpaired) electrons. The summed E-state index contributed by atoms with van der Waals surface area (Å²) in [5.74, 6) is -3.65. The van der Waals surface area contributed by atoms with Gasteiger partial charge < -0.3 is 5.11 Å². The molecule has 0 aliphatic carbocycles. The molecule has 0 bridgehead atoms. The van der Waals surface area contributed by atoms with E-state index in [1.54, 1.807) is 0 Å². The lowest BCUT2D eigenvalue weighted by Gasteiger charge is -2.17. The molecule has 1 aromatic heterocycles. The summed E-state index contributed by atoms with van der Waals surface area (Å²) in [4.78, 5) is 3.08. The smallest absolute Gasteiger partial charge is 0.396 e. The first kappa shape index (κ1) is 14.1. The molecule has 0 atom stereocenters. The van der Waals surface area contributed by atoms with E-state index < -0.39 is 41.4 Å². The minimum Gasteiger partial charge on any atom is -0.396 e. The zero-order valence-electron chi connectivity index (χ0n) is 8.23. The average molecular weight is 276 g/mol. The Balaban J connectivity index is 3.24. The van der Waals surface area contributed by atoms with Crippen LogP contribution in [0.25, 0.3) is 0 Å². The molecule has 1 aromatic rings. The van der Waals surface area contributed by atoms with Crippen LogP contribution in [-0.4, -0.2) is 16.7 Å². The van der Waals surface area contributed by atoms with Crippen LogP contribution in [0.15, 0.2) is 12.3 Å². The standard InChI is InChI=1S/C9H7ClF5NO/c10-7-6(8(11,12)1-2-17)3-5(4-16-7)9(13,14)15/h3-4,17H,1-2H2. The lowest BCUT2D eigenvalue weighted by molar-refractivity contribution is -0.138. The van der Waals surface area contributed by atoms with Gasteiger partial charge in [0.1, 0.15) is 5.15 Å². The zero-order chi connectivity index (χ0) is 13.3. The van der Waals surface area contributed by atoms with Crippen molar-refractivity contribution >= 4 is 11.6 Å². The molecule has 0 fully saturated rings. The Hall–Kier alpha value is -0.950. The van der Waals surface area contributed by atoms with E-state index in [1.807, 2.05) is 0 Å². The van der Waals surface area contributed by atoms with Gasteiger partial charge in [0.05, 0.1) is 11.1 Å². The van der Waals surface area contributed by atoms with E-state index in [0.29, 0.717) is 6.20 Å². The van der Waals surface area contributed by atoms with Crippen LogP contribution in [0.2, 0.25) is 5.15 Å². The van der Waals surface area contributed by atoms with Crippen LogP contribution in [0.1, 0.15) is 17.5 Å². The van der Waals surface area contributed by atoms with Crippen LogP contribution in [0.3, 0.4) is 0 Å². The third kappa shape index (κ3) is 3.26. The number of hydrogen-bond donors (Lipinski definition) is 1. The van der Waals surface area contributed by atoms with Crippen molar-refractivity contribution in [1.29, 1.82) is 0 Å². The van der Waals surface area contributed by atoms with Gasteiger partial charge >= 0.3 is 6.18 Å². The molecule has 1 N–H and O–H groups in total. The molecule has 17 heavy (non-hydrogen) atoms. The summed E-state index contributed by atoms with van der Waals surface area (Å²) in [5.41, 5.74) is -2.35. The molecule has 0 aliphatic heterocycles. The maximum atomic E-state index is 13.3. The third-order valence-electron chi connectivity index (χ3n) is 1.99. The van der Waals surface area contributed by atoms with Crippen molar-refractivity contribution in [3.8, 4) is 0 Å². The molecule has 2 nitrogen and oxygen atoms in total. The Labute approximate surface area is 98.0 Å². The Morgan fingerprint density at radius 3 is 2.29 bits per heavy atom. The van der Waals surface area contributed by atoms with Crippen LogP contribution >= 0.6 is 11.6 Å². The first-order valence-corrected chi connectivity index (χ1v) is 4.78. The highest BCUT2D eigenvalue weighted by Crippen LogP contribution is 2.38. The maximum absolute atomic E-state index is 13.3. The van der Waals surface area contributed by atoms with Crippen molar-refractivity contribution in [2.45, 2.75) is 18.5 Å². The van der Waals surface area contributed by atoms with Gasteiger partial charge in [-0.15, -0.1) is 0 Å². The molecular weight excluding hydrogens is 269 g/mol. The summed E-state index contributed by atoms with van der Waals surface area (Å²) in [6.07, 6.45) is -5.42. The lowest BCUT2D eigenvalue weighted by Crippen LogP contribution is -2.18. The minimum atomic E-state index is -4.78. The van der Waals surface area contributed by atoms with Crippen LogP contribution in [-0.2, 0) is 12.1 Å². The highest BCUT2D eigenvalue weighted by molar-refractivity contribution is 6.30. The molecule has 0 unspecified atom stereocenters. The number of halogens is 6. The van der Waals surface area contributed by atoms with Crippen molar-refractivity contribution < 1.29 is 27.1 Å². The van der Waals surface area contributed by atoms with Crippen molar-refractivity contribution in [3.05, 3.63) is 28.5 Å². The van der Waals surface area contributed by atoms with Gasteiger partial charge in [-0.05, 0) is 6.07 Å². The highest BCUT2D eigenvalue weighted by Gasteiger charge is 2.38. The predicted molar refractivity (Wildman–Crippen MR) is 49.8 cm³/mol. The summed E-state index contributed by atoms with van der Waals surface area (Å²) in [7, 11) is 0. The third-order valence-corrected chi connectivity index (χ3v) is 2.29. The molecule has 0 saturated heterocycles. The monoisotopic (exact) mass is 275 g/mol. The van der Waals surface area contributed by atoms with Gasteiger partial charge in [-0.25, -0.2) is 13.8 Å². The van der Waals surface area contributed by atoms with Crippen molar-refractivity contribution in [2.24, 2.45) is 0 Å². The lowest BCUT2D eigenvalue weighted by atomic mass is 10.1. The molecule has 1 heterocycles. The fourth-order valence-electron chi connectivity index (χ4n) is 1.13. The summed E-state index contributed by atoms with van der Waals surface area (Å²) in [6, 6.07) is 0.241. The first-order valence-electron chi connectivity index (χ1n) is 4.40. The Morgan fingerprint density at radius 1 is 1.24 bits per heavy atom. The van der Waals surface area contributed by atoms with E-state index in [2.05, 4.69) is 4.98 Å². The molecule has 1 rings (SSSR count). The Bertz CT molecular complexity index is 407. The number of nitrogens with zero attached hydrogens (tertiary/aromatic N) is 1. The number of alkyl halides is 5. The van der Waals surface area contributed by atoms with Crippen LogP contribution < -0.4 is 0 Å². The second kappa shape index (κ2) is 4.73. The SMILES string of the molecule is OCCC(F)(F)c1cc(C(F)(F)F)cnc1Cl. The minimum absolute atomic E-state index is 0.241. The zero-order valence-corrected chi connectivity index (χ0v) is 8.99. The van der Waals surface area contributed by atoms with E-state index in [1.165, 1.54) is 0 Å². The van der Waals surface area contributed by atoms with E-state index in [0.717, 1.165) is 0 Å². The van der Waals surface area contributed by atoms with E-state index in [9.17, 15) is 22.0 Å². The van der Waals surface area contributed by atoms with Crippen molar-refractivity contribution in [3.63, 3.8) is 0 Å². The Morgan fingerprint density at radius 2 is 1.82 bits per heavy atom. The average Bonchev–Trinajstić information content (AvgIpc) is 2.15. The van der Waals surface area contributed by atoms with Gasteiger partial charge in [-0.3, -0.25) is 0 Å². The number of aromatic nitrogens is 1. The molecule has 0 amide bonds. The normalized spacial score (nSPS) is 12.9. The quantitative estimate of drug-likeness (QED) is 0.679. The summed E-state index contributed by atoms with van der Waals surface area (Å²) < 4.78 is 63.6. The summed E-state index contributed by atoms with van der Waals surface area (Å²) in [6.45, 7) is -0.875. The molecular formula is C9H7ClF5NO.